The van der Waals surface area contributed by atoms with Gasteiger partial charge in [-0.25, -0.2) is 4.79 Å². The van der Waals surface area contributed by atoms with Gasteiger partial charge in [0.25, 0.3) is 0 Å². The smallest absolute Gasteiger partial charge is 0.408 e. The maximum absolute atomic E-state index is 12.3. The predicted octanol–water partition coefficient (Wildman–Crippen LogP) is 3.90. The second-order valence-corrected chi connectivity index (χ2v) is 9.44. The first kappa shape index (κ1) is 22.7. The molecule has 0 spiro atoms. The van der Waals surface area contributed by atoms with E-state index < -0.39 is 5.76 Å². The molecule has 0 radical (unpaired) electrons. The Kier molecular flexibility index (Phi) is 7.20. The molecule has 170 valence electrons. The Labute approximate surface area is 197 Å². The summed E-state index contributed by atoms with van der Waals surface area (Å²) in [7, 11) is 0. The zero-order valence-electron chi connectivity index (χ0n) is 17.7. The molecule has 0 saturated heterocycles. The predicted molar refractivity (Wildman–Crippen MR) is 129 cm³/mol. The molecule has 0 aliphatic rings. The Balaban J connectivity index is 1.22. The third kappa shape index (κ3) is 5.88. The van der Waals surface area contributed by atoms with Gasteiger partial charge < -0.3 is 15.1 Å². The molecule has 2 heterocycles. The summed E-state index contributed by atoms with van der Waals surface area (Å²) >= 11 is 2.64. The number of aromatic nitrogens is 3. The Morgan fingerprint density at radius 2 is 1.79 bits per heavy atom. The largest absolute Gasteiger partial charge is 0.419 e. The van der Waals surface area contributed by atoms with Crippen molar-refractivity contribution < 1.29 is 14.0 Å². The number of para-hydroxylation sites is 3. The minimum absolute atomic E-state index is 0.0724. The zero-order chi connectivity index (χ0) is 23.2. The lowest BCUT2D eigenvalue weighted by Gasteiger charge is -2.07. The quantitative estimate of drug-likeness (QED) is 0.274. The molecule has 0 atom stereocenters. The minimum atomic E-state index is -0.495. The number of anilines is 2. The summed E-state index contributed by atoms with van der Waals surface area (Å²) in [5.41, 5.74) is 2.95. The van der Waals surface area contributed by atoms with Crippen molar-refractivity contribution in [1.29, 1.82) is 0 Å². The molecule has 33 heavy (non-hydrogen) atoms. The number of fused-ring (bicyclic) bond motifs is 1. The Morgan fingerprint density at radius 1 is 1.03 bits per heavy atom. The van der Waals surface area contributed by atoms with Gasteiger partial charge in [-0.05, 0) is 30.7 Å². The Morgan fingerprint density at radius 3 is 2.64 bits per heavy atom. The van der Waals surface area contributed by atoms with E-state index in [9.17, 15) is 14.4 Å². The molecule has 2 aromatic heterocycles. The molecule has 4 rings (SSSR count). The highest BCUT2D eigenvalue weighted by Crippen LogP contribution is 2.26. The molecule has 0 fully saturated rings. The van der Waals surface area contributed by atoms with Gasteiger partial charge in [0.05, 0.1) is 5.52 Å². The van der Waals surface area contributed by atoms with Gasteiger partial charge >= 0.3 is 5.76 Å². The fourth-order valence-electron chi connectivity index (χ4n) is 3.10. The SMILES string of the molecule is Cc1ccccc1NC(=O)CCSc1nnc(NC(=O)CCn2c(=O)oc3ccccc32)s1. The molecular weight excluding hydrogens is 462 g/mol. The van der Waals surface area contributed by atoms with E-state index in [1.807, 2.05) is 31.2 Å². The first-order valence-corrected chi connectivity index (χ1v) is 12.0. The lowest BCUT2D eigenvalue weighted by molar-refractivity contribution is -0.117. The van der Waals surface area contributed by atoms with Crippen LogP contribution in [0.1, 0.15) is 18.4 Å². The van der Waals surface area contributed by atoms with Gasteiger partial charge in [-0.1, -0.05) is 53.4 Å². The summed E-state index contributed by atoms with van der Waals surface area (Å²) in [6.07, 6.45) is 0.415. The fraction of sp³-hybridized carbons (Fsp3) is 0.227. The van der Waals surface area contributed by atoms with Crippen LogP contribution in [-0.4, -0.2) is 32.3 Å². The van der Waals surface area contributed by atoms with Crippen molar-refractivity contribution in [2.75, 3.05) is 16.4 Å². The van der Waals surface area contributed by atoms with E-state index in [0.29, 0.717) is 32.7 Å². The monoisotopic (exact) mass is 483 g/mol. The van der Waals surface area contributed by atoms with Gasteiger partial charge in [-0.2, -0.15) is 0 Å². The second-order valence-electron chi connectivity index (χ2n) is 7.12. The summed E-state index contributed by atoms with van der Waals surface area (Å²) in [5, 5.41) is 14.0. The highest BCUT2D eigenvalue weighted by molar-refractivity contribution is 8.01. The number of benzene rings is 2. The number of carbonyl (C=O) groups excluding carboxylic acids is 2. The van der Waals surface area contributed by atoms with Crippen LogP contribution in [0.25, 0.3) is 11.1 Å². The van der Waals surface area contributed by atoms with Crippen LogP contribution in [0.4, 0.5) is 10.8 Å². The van der Waals surface area contributed by atoms with Crippen LogP contribution in [0.2, 0.25) is 0 Å². The van der Waals surface area contributed by atoms with Crippen LogP contribution in [-0.2, 0) is 16.1 Å². The summed E-state index contributed by atoms with van der Waals surface area (Å²) in [4.78, 5) is 36.4. The van der Waals surface area contributed by atoms with E-state index in [0.717, 1.165) is 11.3 Å². The number of hydrogen-bond acceptors (Lipinski definition) is 8. The molecule has 11 heteroatoms. The van der Waals surface area contributed by atoms with E-state index in [-0.39, 0.29) is 24.8 Å². The van der Waals surface area contributed by atoms with Gasteiger partial charge in [-0.3, -0.25) is 14.2 Å². The topological polar surface area (TPSA) is 119 Å². The van der Waals surface area contributed by atoms with Crippen LogP contribution < -0.4 is 16.4 Å². The average molecular weight is 484 g/mol. The molecule has 9 nitrogen and oxygen atoms in total. The summed E-state index contributed by atoms with van der Waals surface area (Å²) < 4.78 is 7.26. The molecule has 0 bridgehead atoms. The number of amides is 2. The second kappa shape index (κ2) is 10.5. The van der Waals surface area contributed by atoms with Crippen molar-refractivity contribution in [2.45, 2.75) is 30.6 Å². The Bertz CT molecular complexity index is 1340. The molecule has 2 amide bonds. The van der Waals surface area contributed by atoms with E-state index in [4.69, 9.17) is 4.42 Å². The van der Waals surface area contributed by atoms with Crippen LogP contribution >= 0.6 is 23.1 Å². The third-order valence-electron chi connectivity index (χ3n) is 4.76. The standard InChI is InChI=1S/C22H21N5O4S2/c1-14-6-2-3-7-15(14)23-19(29)11-13-32-21-26-25-20(33-21)24-18(28)10-12-27-16-8-4-5-9-17(16)31-22(27)30/h2-9H,10-13H2,1H3,(H,23,29)(H,24,25,28). The maximum atomic E-state index is 12.3. The molecule has 0 saturated carbocycles. The van der Waals surface area contributed by atoms with E-state index in [2.05, 4.69) is 20.8 Å². The number of carbonyl (C=O) groups is 2. The van der Waals surface area contributed by atoms with E-state index in [1.54, 1.807) is 24.3 Å². The molecule has 4 aromatic rings. The molecule has 2 N–H and O–H groups in total. The summed E-state index contributed by atoms with van der Waals surface area (Å²) in [6.45, 7) is 2.13. The summed E-state index contributed by atoms with van der Waals surface area (Å²) in [6, 6.07) is 14.7. The number of nitrogens with zero attached hydrogens (tertiary/aromatic N) is 3. The van der Waals surface area contributed by atoms with Crippen LogP contribution in [0.5, 0.6) is 0 Å². The number of thioether (sulfide) groups is 1. The average Bonchev–Trinajstić information content (AvgIpc) is 3.37. The minimum Gasteiger partial charge on any atom is -0.408 e. The lowest BCUT2D eigenvalue weighted by atomic mass is 10.2. The van der Waals surface area contributed by atoms with Crippen LogP contribution in [0.15, 0.2) is 62.1 Å². The van der Waals surface area contributed by atoms with Crippen LogP contribution in [0.3, 0.4) is 0 Å². The molecule has 0 unspecified atom stereocenters. The van der Waals surface area contributed by atoms with Gasteiger partial charge in [0.1, 0.15) is 0 Å². The van der Waals surface area contributed by atoms with Crippen molar-refractivity contribution in [3.05, 3.63) is 64.6 Å². The van der Waals surface area contributed by atoms with E-state index >= 15 is 0 Å². The highest BCUT2D eigenvalue weighted by atomic mass is 32.2. The normalized spacial score (nSPS) is 10.9. The zero-order valence-corrected chi connectivity index (χ0v) is 19.4. The number of hydrogen-bond donors (Lipinski definition) is 2. The van der Waals surface area contributed by atoms with Gasteiger partial charge in [0.15, 0.2) is 9.92 Å². The number of aryl methyl sites for hydroxylation is 2. The third-order valence-corrected chi connectivity index (χ3v) is 6.74. The number of rotatable bonds is 9. The first-order chi connectivity index (χ1) is 16.0. The highest BCUT2D eigenvalue weighted by Gasteiger charge is 2.13. The van der Waals surface area contributed by atoms with Crippen molar-refractivity contribution in [2.24, 2.45) is 0 Å². The number of oxazole rings is 1. The lowest BCUT2D eigenvalue weighted by Crippen LogP contribution is -2.19. The van der Waals surface area contributed by atoms with Crippen molar-refractivity contribution in [3.8, 4) is 0 Å². The van der Waals surface area contributed by atoms with Gasteiger partial charge in [0.2, 0.25) is 16.9 Å². The summed E-state index contributed by atoms with van der Waals surface area (Å²) in [5.74, 6) is -0.309. The van der Waals surface area contributed by atoms with E-state index in [1.165, 1.54) is 27.7 Å². The molecule has 0 aliphatic carbocycles. The van der Waals surface area contributed by atoms with Gasteiger partial charge in [0, 0.05) is 30.8 Å². The molecule has 0 aliphatic heterocycles. The number of nitrogens with one attached hydrogen (secondary N) is 2. The van der Waals surface area contributed by atoms with Crippen molar-refractivity contribution in [1.82, 2.24) is 14.8 Å². The first-order valence-electron chi connectivity index (χ1n) is 10.2. The van der Waals surface area contributed by atoms with Crippen LogP contribution in [0, 0.1) is 6.92 Å². The van der Waals surface area contributed by atoms with Gasteiger partial charge in [-0.15, -0.1) is 10.2 Å². The molecule has 2 aromatic carbocycles. The van der Waals surface area contributed by atoms with Crippen molar-refractivity contribution in [3.63, 3.8) is 0 Å². The maximum Gasteiger partial charge on any atom is 0.419 e. The Hall–Kier alpha value is -3.44. The fourth-order valence-corrected chi connectivity index (χ4v) is 4.87. The molecular formula is C22H21N5O4S2. The van der Waals surface area contributed by atoms with Crippen molar-refractivity contribution >= 4 is 56.8 Å².